The zero-order chi connectivity index (χ0) is 11.4. The number of halogens is 1. The number of nitrogens with zero attached hydrogens (tertiary/aromatic N) is 1. The molecule has 0 aliphatic heterocycles. The third-order valence-electron chi connectivity index (χ3n) is 2.11. The van der Waals surface area contributed by atoms with Crippen LogP contribution in [0, 0.1) is 0 Å². The number of aromatic nitrogens is 1. The number of benzene rings is 1. The average Bonchev–Trinajstić information content (AvgIpc) is 2.30. The summed E-state index contributed by atoms with van der Waals surface area (Å²) in [6.45, 7) is 0.399. The highest BCUT2D eigenvalue weighted by Crippen LogP contribution is 2.17. The Balaban J connectivity index is 2.02. The second-order valence-electron chi connectivity index (χ2n) is 3.31. The zero-order valence-corrected chi connectivity index (χ0v) is 9.32. The molecule has 0 spiro atoms. The molecule has 4 heteroatoms. The van der Waals surface area contributed by atoms with Crippen LogP contribution in [0.3, 0.4) is 0 Å². The van der Waals surface area contributed by atoms with E-state index in [2.05, 4.69) is 4.98 Å². The Labute approximate surface area is 98.8 Å². The molecule has 0 radical (unpaired) electrons. The number of pyridine rings is 1. The summed E-state index contributed by atoms with van der Waals surface area (Å²) in [5.41, 5.74) is 7.15. The van der Waals surface area contributed by atoms with E-state index in [9.17, 15) is 0 Å². The molecule has 1 aromatic heterocycles. The Hall–Kier alpha value is -1.74. The Kier molecular flexibility index (Phi) is 3.27. The molecule has 1 aromatic carbocycles. The standard InChI is InChI=1S/C12H11ClN2O/c13-12-9(2-1-7-15-12)8-16-11-5-3-10(14)4-6-11/h1-7H,8,14H2. The van der Waals surface area contributed by atoms with Crippen molar-refractivity contribution in [1.82, 2.24) is 4.98 Å². The molecule has 0 amide bonds. The second kappa shape index (κ2) is 4.86. The first-order chi connectivity index (χ1) is 7.75. The minimum atomic E-state index is 0.399. The highest BCUT2D eigenvalue weighted by Gasteiger charge is 2.01. The summed E-state index contributed by atoms with van der Waals surface area (Å²) in [5, 5.41) is 0.470. The third-order valence-corrected chi connectivity index (χ3v) is 2.45. The van der Waals surface area contributed by atoms with Gasteiger partial charge in [-0.2, -0.15) is 0 Å². The smallest absolute Gasteiger partial charge is 0.135 e. The molecule has 0 aliphatic rings. The molecule has 0 atom stereocenters. The Bertz CT molecular complexity index is 471. The minimum Gasteiger partial charge on any atom is -0.489 e. The Morgan fingerprint density at radius 2 is 1.94 bits per heavy atom. The molecule has 1 heterocycles. The van der Waals surface area contributed by atoms with Crippen LogP contribution in [-0.2, 0) is 6.61 Å². The first-order valence-electron chi connectivity index (χ1n) is 4.83. The van der Waals surface area contributed by atoms with Gasteiger partial charge in [-0.1, -0.05) is 17.7 Å². The van der Waals surface area contributed by atoms with Crippen molar-refractivity contribution in [2.45, 2.75) is 6.61 Å². The van der Waals surface area contributed by atoms with Crippen molar-refractivity contribution in [3.8, 4) is 5.75 Å². The number of anilines is 1. The zero-order valence-electron chi connectivity index (χ0n) is 8.56. The number of nitrogen functional groups attached to an aromatic ring is 1. The highest BCUT2D eigenvalue weighted by atomic mass is 35.5. The summed E-state index contributed by atoms with van der Waals surface area (Å²) in [6, 6.07) is 10.9. The van der Waals surface area contributed by atoms with Crippen molar-refractivity contribution in [3.63, 3.8) is 0 Å². The maximum Gasteiger partial charge on any atom is 0.135 e. The molecule has 0 saturated carbocycles. The van der Waals surface area contributed by atoms with Crippen molar-refractivity contribution in [2.75, 3.05) is 5.73 Å². The van der Waals surface area contributed by atoms with Gasteiger partial charge in [0.05, 0.1) is 0 Å². The van der Waals surface area contributed by atoms with Crippen LogP contribution in [0.5, 0.6) is 5.75 Å². The van der Waals surface area contributed by atoms with E-state index in [1.807, 2.05) is 24.3 Å². The van der Waals surface area contributed by atoms with Crippen molar-refractivity contribution in [2.24, 2.45) is 0 Å². The van der Waals surface area contributed by atoms with E-state index >= 15 is 0 Å². The normalized spacial score (nSPS) is 10.1. The van der Waals surface area contributed by atoms with Crippen LogP contribution in [-0.4, -0.2) is 4.98 Å². The predicted molar refractivity (Wildman–Crippen MR) is 64.4 cm³/mol. The molecule has 0 unspecified atom stereocenters. The average molecular weight is 235 g/mol. The summed E-state index contributed by atoms with van der Waals surface area (Å²) in [4.78, 5) is 3.97. The van der Waals surface area contributed by atoms with Crippen molar-refractivity contribution in [1.29, 1.82) is 0 Å². The van der Waals surface area contributed by atoms with Crippen LogP contribution in [0.4, 0.5) is 5.69 Å². The number of hydrogen-bond donors (Lipinski definition) is 1. The Morgan fingerprint density at radius 3 is 2.62 bits per heavy atom. The molecule has 2 aromatic rings. The van der Waals surface area contributed by atoms with E-state index in [4.69, 9.17) is 22.1 Å². The topological polar surface area (TPSA) is 48.1 Å². The first-order valence-corrected chi connectivity index (χ1v) is 5.21. The number of hydrogen-bond acceptors (Lipinski definition) is 3. The maximum atomic E-state index is 5.90. The van der Waals surface area contributed by atoms with Crippen molar-refractivity contribution < 1.29 is 4.74 Å². The lowest BCUT2D eigenvalue weighted by Crippen LogP contribution is -1.97. The van der Waals surface area contributed by atoms with Crippen molar-refractivity contribution in [3.05, 3.63) is 53.3 Å². The van der Waals surface area contributed by atoms with E-state index < -0.39 is 0 Å². The van der Waals surface area contributed by atoms with E-state index in [-0.39, 0.29) is 0 Å². The molecular formula is C12H11ClN2O. The number of nitrogens with two attached hydrogens (primary N) is 1. The summed E-state index contributed by atoms with van der Waals surface area (Å²) in [5.74, 6) is 0.758. The van der Waals surface area contributed by atoms with Crippen LogP contribution >= 0.6 is 11.6 Å². The predicted octanol–water partition coefficient (Wildman–Crippen LogP) is 2.90. The molecule has 0 aliphatic carbocycles. The van der Waals surface area contributed by atoms with E-state index in [0.29, 0.717) is 17.4 Å². The van der Waals surface area contributed by atoms with Gasteiger partial charge in [-0.05, 0) is 30.3 Å². The van der Waals surface area contributed by atoms with Crippen LogP contribution in [0.15, 0.2) is 42.6 Å². The molecular weight excluding hydrogens is 224 g/mol. The molecule has 2 N–H and O–H groups in total. The third kappa shape index (κ3) is 2.64. The van der Waals surface area contributed by atoms with E-state index in [0.717, 1.165) is 11.3 Å². The monoisotopic (exact) mass is 234 g/mol. The summed E-state index contributed by atoms with van der Waals surface area (Å²) in [7, 11) is 0. The van der Waals surface area contributed by atoms with Crippen LogP contribution in [0.25, 0.3) is 0 Å². The second-order valence-corrected chi connectivity index (χ2v) is 3.67. The van der Waals surface area contributed by atoms with Crippen molar-refractivity contribution >= 4 is 17.3 Å². The summed E-state index contributed by atoms with van der Waals surface area (Å²) < 4.78 is 5.55. The van der Waals surface area contributed by atoms with Crippen LogP contribution in [0.2, 0.25) is 5.15 Å². The van der Waals surface area contributed by atoms with Gasteiger partial charge in [-0.3, -0.25) is 0 Å². The van der Waals surface area contributed by atoms with Gasteiger partial charge < -0.3 is 10.5 Å². The van der Waals surface area contributed by atoms with Gasteiger partial charge in [-0.25, -0.2) is 4.98 Å². The SMILES string of the molecule is Nc1ccc(OCc2cccnc2Cl)cc1. The summed E-state index contributed by atoms with van der Waals surface area (Å²) >= 11 is 5.90. The van der Waals surface area contributed by atoms with Gasteiger partial charge in [0.25, 0.3) is 0 Å². The quantitative estimate of drug-likeness (QED) is 0.656. The van der Waals surface area contributed by atoms with Gasteiger partial charge >= 0.3 is 0 Å². The fraction of sp³-hybridized carbons (Fsp3) is 0.0833. The number of rotatable bonds is 3. The molecule has 3 nitrogen and oxygen atoms in total. The summed E-state index contributed by atoms with van der Waals surface area (Å²) in [6.07, 6.45) is 1.65. The lowest BCUT2D eigenvalue weighted by atomic mass is 10.3. The van der Waals surface area contributed by atoms with Gasteiger partial charge in [0.2, 0.25) is 0 Å². The highest BCUT2D eigenvalue weighted by molar-refractivity contribution is 6.30. The lowest BCUT2D eigenvalue weighted by Gasteiger charge is -2.07. The maximum absolute atomic E-state index is 5.90. The molecule has 2 rings (SSSR count). The fourth-order valence-electron chi connectivity index (χ4n) is 1.25. The van der Waals surface area contributed by atoms with Gasteiger partial charge in [0, 0.05) is 17.4 Å². The van der Waals surface area contributed by atoms with Crippen LogP contribution in [0.1, 0.15) is 5.56 Å². The van der Waals surface area contributed by atoms with Crippen LogP contribution < -0.4 is 10.5 Å². The Morgan fingerprint density at radius 1 is 1.19 bits per heavy atom. The fourth-order valence-corrected chi connectivity index (χ4v) is 1.43. The van der Waals surface area contributed by atoms with E-state index in [1.165, 1.54) is 0 Å². The van der Waals surface area contributed by atoms with E-state index in [1.54, 1.807) is 18.3 Å². The van der Waals surface area contributed by atoms with Gasteiger partial charge in [-0.15, -0.1) is 0 Å². The molecule has 0 bridgehead atoms. The molecule has 16 heavy (non-hydrogen) atoms. The first kappa shape index (κ1) is 10.8. The molecule has 0 saturated heterocycles. The van der Waals surface area contributed by atoms with Gasteiger partial charge in [0.1, 0.15) is 17.5 Å². The minimum absolute atomic E-state index is 0.399. The molecule has 82 valence electrons. The molecule has 0 fully saturated rings. The largest absolute Gasteiger partial charge is 0.489 e. The van der Waals surface area contributed by atoms with Gasteiger partial charge in [0.15, 0.2) is 0 Å². The number of ether oxygens (including phenoxy) is 1. The lowest BCUT2D eigenvalue weighted by molar-refractivity contribution is 0.306.